The number of amides is 1. The molecule has 0 saturated carbocycles. The first kappa shape index (κ1) is 16.6. The molecule has 1 aliphatic heterocycles. The fraction of sp³-hybridized carbons (Fsp3) is 0.533. The number of halogens is 4. The number of rotatable bonds is 2. The van der Waals surface area contributed by atoms with Crippen molar-refractivity contribution in [2.45, 2.75) is 33.0 Å². The van der Waals surface area contributed by atoms with Gasteiger partial charge in [-0.05, 0) is 5.41 Å². The van der Waals surface area contributed by atoms with E-state index in [1.54, 1.807) is 20.8 Å². The quantitative estimate of drug-likeness (QED) is 0.832. The van der Waals surface area contributed by atoms with Crippen molar-refractivity contribution in [1.82, 2.24) is 4.90 Å². The monoisotopic (exact) mass is 319 g/mol. The molecule has 2 rings (SSSR count). The number of carboxylic acid groups (broad SMARTS) is 1. The van der Waals surface area contributed by atoms with Crippen molar-refractivity contribution < 1.29 is 27.5 Å². The van der Waals surface area contributed by atoms with Crippen LogP contribution in [0.1, 0.15) is 32.5 Å². The lowest BCUT2D eigenvalue weighted by atomic mass is 9.69. The Morgan fingerprint density at radius 3 is 2.18 bits per heavy atom. The number of hydrogen-bond acceptors (Lipinski definition) is 1. The summed E-state index contributed by atoms with van der Waals surface area (Å²) in [5.41, 5.74) is -1.44. The lowest BCUT2D eigenvalue weighted by Gasteiger charge is -2.53. The Kier molecular flexibility index (Phi) is 4.10. The summed E-state index contributed by atoms with van der Waals surface area (Å²) in [6.07, 6.45) is -3.25. The maximum Gasteiger partial charge on any atom is 0.407 e. The molecule has 7 heteroatoms. The number of alkyl halides is 1. The molecule has 1 heterocycles. The molecule has 1 aromatic rings. The van der Waals surface area contributed by atoms with Gasteiger partial charge in [-0.25, -0.2) is 22.4 Å². The fourth-order valence-electron chi connectivity index (χ4n) is 3.12. The number of carbonyl (C=O) groups is 1. The highest BCUT2D eigenvalue weighted by Gasteiger charge is 2.52. The van der Waals surface area contributed by atoms with Gasteiger partial charge in [0, 0.05) is 30.6 Å². The van der Waals surface area contributed by atoms with E-state index in [4.69, 9.17) is 5.11 Å². The van der Waals surface area contributed by atoms with E-state index in [-0.39, 0.29) is 6.54 Å². The third-order valence-electron chi connectivity index (χ3n) is 3.98. The zero-order valence-corrected chi connectivity index (χ0v) is 12.4. The zero-order valence-electron chi connectivity index (χ0n) is 12.4. The minimum atomic E-state index is -2.04. The first-order valence-corrected chi connectivity index (χ1v) is 6.82. The van der Waals surface area contributed by atoms with Crippen LogP contribution in [0.25, 0.3) is 0 Å². The standard InChI is InChI=1S/C15H17F4NO2/c1-15(2,3)13-8(6-20(13)14(21)22)12(19)11-9(17)4-7(16)5-10(11)18/h4-5,8,12-13H,6H2,1-3H3,(H,21,22). The molecule has 0 aliphatic carbocycles. The van der Waals surface area contributed by atoms with Crippen LogP contribution in [0.3, 0.4) is 0 Å². The van der Waals surface area contributed by atoms with Crippen LogP contribution in [0.15, 0.2) is 12.1 Å². The molecule has 3 atom stereocenters. The molecule has 1 aromatic carbocycles. The second kappa shape index (κ2) is 5.44. The topological polar surface area (TPSA) is 40.5 Å². The highest BCUT2D eigenvalue weighted by atomic mass is 19.2. The highest BCUT2D eigenvalue weighted by Crippen LogP contribution is 2.46. The van der Waals surface area contributed by atoms with Gasteiger partial charge in [0.15, 0.2) is 0 Å². The fourth-order valence-corrected chi connectivity index (χ4v) is 3.12. The van der Waals surface area contributed by atoms with E-state index in [0.29, 0.717) is 12.1 Å². The van der Waals surface area contributed by atoms with Crippen LogP contribution in [0.5, 0.6) is 0 Å². The minimum absolute atomic E-state index is 0.158. The van der Waals surface area contributed by atoms with E-state index in [2.05, 4.69) is 0 Å². The molecule has 0 radical (unpaired) electrons. The van der Waals surface area contributed by atoms with Crippen LogP contribution >= 0.6 is 0 Å². The molecule has 122 valence electrons. The van der Waals surface area contributed by atoms with Gasteiger partial charge >= 0.3 is 6.09 Å². The number of benzene rings is 1. The third-order valence-corrected chi connectivity index (χ3v) is 3.98. The van der Waals surface area contributed by atoms with Gasteiger partial charge < -0.3 is 10.0 Å². The predicted molar refractivity (Wildman–Crippen MR) is 71.6 cm³/mol. The van der Waals surface area contributed by atoms with Gasteiger partial charge in [-0.3, -0.25) is 0 Å². The minimum Gasteiger partial charge on any atom is -0.465 e. The second-order valence-electron chi connectivity index (χ2n) is 6.59. The van der Waals surface area contributed by atoms with Crippen LogP contribution in [-0.4, -0.2) is 28.7 Å². The van der Waals surface area contributed by atoms with E-state index >= 15 is 0 Å². The summed E-state index contributed by atoms with van der Waals surface area (Å²) >= 11 is 0. The molecule has 1 saturated heterocycles. The summed E-state index contributed by atoms with van der Waals surface area (Å²) in [5.74, 6) is -4.61. The lowest BCUT2D eigenvalue weighted by molar-refractivity contribution is -0.0691. The van der Waals surface area contributed by atoms with Crippen LogP contribution < -0.4 is 0 Å². The largest absolute Gasteiger partial charge is 0.465 e. The van der Waals surface area contributed by atoms with Crippen molar-refractivity contribution in [3.05, 3.63) is 35.1 Å². The molecule has 0 spiro atoms. The molecule has 3 unspecified atom stereocenters. The number of likely N-dealkylation sites (tertiary alicyclic amines) is 1. The Morgan fingerprint density at radius 1 is 1.27 bits per heavy atom. The van der Waals surface area contributed by atoms with Gasteiger partial charge in [0.25, 0.3) is 0 Å². The maximum atomic E-state index is 14.6. The van der Waals surface area contributed by atoms with E-state index < -0.39 is 52.7 Å². The molecular formula is C15H17F4NO2. The van der Waals surface area contributed by atoms with Crippen molar-refractivity contribution >= 4 is 6.09 Å². The molecule has 1 fully saturated rings. The van der Waals surface area contributed by atoms with E-state index in [9.17, 15) is 22.4 Å². The van der Waals surface area contributed by atoms with E-state index in [1.807, 2.05) is 0 Å². The predicted octanol–water partition coefficient (Wildman–Crippen LogP) is 4.14. The molecule has 0 bridgehead atoms. The van der Waals surface area contributed by atoms with Gasteiger partial charge in [0.1, 0.15) is 23.6 Å². The van der Waals surface area contributed by atoms with Crippen molar-refractivity contribution in [3.63, 3.8) is 0 Å². The molecule has 3 nitrogen and oxygen atoms in total. The SMILES string of the molecule is CC(C)(C)C1C(C(F)c2c(F)cc(F)cc2F)CN1C(=O)O. The van der Waals surface area contributed by atoms with Gasteiger partial charge in [-0.15, -0.1) is 0 Å². The van der Waals surface area contributed by atoms with Crippen LogP contribution in [0.4, 0.5) is 22.4 Å². The summed E-state index contributed by atoms with van der Waals surface area (Å²) in [7, 11) is 0. The highest BCUT2D eigenvalue weighted by molar-refractivity contribution is 5.67. The summed E-state index contributed by atoms with van der Waals surface area (Å²) in [5, 5.41) is 9.09. The Bertz CT molecular complexity index is 577. The molecular weight excluding hydrogens is 302 g/mol. The van der Waals surface area contributed by atoms with E-state index in [1.165, 1.54) is 0 Å². The second-order valence-corrected chi connectivity index (χ2v) is 6.59. The summed E-state index contributed by atoms with van der Waals surface area (Å²) in [4.78, 5) is 12.2. The van der Waals surface area contributed by atoms with Crippen LogP contribution in [0, 0.1) is 28.8 Å². The van der Waals surface area contributed by atoms with Crippen molar-refractivity contribution in [1.29, 1.82) is 0 Å². The third kappa shape index (κ3) is 2.76. The average molecular weight is 319 g/mol. The van der Waals surface area contributed by atoms with Crippen molar-refractivity contribution in [3.8, 4) is 0 Å². The Hall–Kier alpha value is -1.79. The zero-order chi connectivity index (χ0) is 16.8. The van der Waals surface area contributed by atoms with Crippen LogP contribution in [0.2, 0.25) is 0 Å². The van der Waals surface area contributed by atoms with Crippen molar-refractivity contribution in [2.24, 2.45) is 11.3 Å². The van der Waals surface area contributed by atoms with E-state index in [0.717, 1.165) is 4.90 Å². The number of hydrogen-bond donors (Lipinski definition) is 1. The van der Waals surface area contributed by atoms with Crippen LogP contribution in [-0.2, 0) is 0 Å². The molecule has 22 heavy (non-hydrogen) atoms. The molecule has 0 aromatic heterocycles. The molecule has 1 amide bonds. The van der Waals surface area contributed by atoms with Gasteiger partial charge in [-0.2, -0.15) is 0 Å². The number of nitrogens with zero attached hydrogens (tertiary/aromatic N) is 1. The Morgan fingerprint density at radius 2 is 1.77 bits per heavy atom. The summed E-state index contributed by atoms with van der Waals surface area (Å²) < 4.78 is 55.0. The lowest BCUT2D eigenvalue weighted by Crippen LogP contribution is -2.64. The smallest absolute Gasteiger partial charge is 0.407 e. The normalized spacial score (nSPS) is 23.1. The molecule has 1 N–H and O–H groups in total. The average Bonchev–Trinajstić information content (AvgIpc) is 2.22. The maximum absolute atomic E-state index is 14.6. The first-order valence-electron chi connectivity index (χ1n) is 6.82. The van der Waals surface area contributed by atoms with Crippen molar-refractivity contribution in [2.75, 3.05) is 6.54 Å². The molecule has 1 aliphatic rings. The summed E-state index contributed by atoms with van der Waals surface area (Å²) in [6.45, 7) is 5.02. The van der Waals surface area contributed by atoms with Gasteiger partial charge in [0.05, 0.1) is 5.56 Å². The van der Waals surface area contributed by atoms with Gasteiger partial charge in [-0.1, -0.05) is 20.8 Å². The Labute approximate surface area is 125 Å². The van der Waals surface area contributed by atoms with Gasteiger partial charge in [0.2, 0.25) is 0 Å². The summed E-state index contributed by atoms with van der Waals surface area (Å²) in [6, 6.07) is 0.124. The first-order chi connectivity index (χ1) is 10.0. The Balaban J connectivity index is 2.34.